The molecular weight excluding hydrogens is 361 g/mol. The van der Waals surface area contributed by atoms with Crippen molar-refractivity contribution in [3.8, 4) is 0 Å². The lowest BCUT2D eigenvalue weighted by atomic mass is 9.96. The molecular formula is C19H21F3N2OS. The predicted molar refractivity (Wildman–Crippen MR) is 96.1 cm³/mol. The molecule has 7 heteroatoms. The van der Waals surface area contributed by atoms with Gasteiger partial charge in [-0.05, 0) is 61.5 Å². The number of nitrogens with zero attached hydrogens (tertiary/aromatic N) is 1. The van der Waals surface area contributed by atoms with Crippen LogP contribution in [0.5, 0.6) is 0 Å². The number of alkyl halides is 3. The average Bonchev–Trinajstić information content (AvgIpc) is 3.13. The Bertz CT molecular complexity index is 723. The highest BCUT2D eigenvalue weighted by molar-refractivity contribution is 7.09. The van der Waals surface area contributed by atoms with Crippen LogP contribution in [-0.2, 0) is 12.7 Å². The minimum Gasteiger partial charge on any atom is -0.352 e. The Morgan fingerprint density at radius 3 is 2.62 bits per heavy atom. The van der Waals surface area contributed by atoms with Gasteiger partial charge in [-0.15, -0.1) is 11.3 Å². The van der Waals surface area contributed by atoms with Gasteiger partial charge >= 0.3 is 6.18 Å². The maximum atomic E-state index is 12.7. The zero-order valence-electron chi connectivity index (χ0n) is 14.3. The van der Waals surface area contributed by atoms with E-state index in [2.05, 4.69) is 27.7 Å². The summed E-state index contributed by atoms with van der Waals surface area (Å²) in [4.78, 5) is 15.9. The standard InChI is InChI=1S/C19H21F3N2OS/c20-19(21,22)16-4-1-3-15(11-16)18(25)23-12-14-6-8-24(9-7-14)13-17-5-2-10-26-17/h1-5,10-11,14H,6-9,12-13H2,(H,23,25). The summed E-state index contributed by atoms with van der Waals surface area (Å²) >= 11 is 1.75. The number of halogens is 3. The highest BCUT2D eigenvalue weighted by Gasteiger charge is 2.31. The third-order valence-electron chi connectivity index (χ3n) is 4.67. The van der Waals surface area contributed by atoms with Gasteiger partial charge in [0.15, 0.2) is 0 Å². The first-order valence-corrected chi connectivity index (χ1v) is 9.50. The van der Waals surface area contributed by atoms with Crippen molar-refractivity contribution in [1.82, 2.24) is 10.2 Å². The smallest absolute Gasteiger partial charge is 0.352 e. The molecule has 1 aromatic heterocycles. The number of carbonyl (C=O) groups excluding carboxylic acids is 1. The lowest BCUT2D eigenvalue weighted by molar-refractivity contribution is -0.137. The van der Waals surface area contributed by atoms with E-state index in [9.17, 15) is 18.0 Å². The Hall–Kier alpha value is -1.86. The van der Waals surface area contributed by atoms with E-state index in [1.807, 2.05) is 0 Å². The number of amides is 1. The molecule has 0 aliphatic carbocycles. The molecule has 3 nitrogen and oxygen atoms in total. The van der Waals surface area contributed by atoms with Gasteiger partial charge in [0.25, 0.3) is 5.91 Å². The molecule has 0 atom stereocenters. The maximum absolute atomic E-state index is 12.7. The third-order valence-corrected chi connectivity index (χ3v) is 5.53. The second kappa shape index (κ2) is 8.22. The van der Waals surface area contributed by atoms with Crippen LogP contribution in [-0.4, -0.2) is 30.4 Å². The fourth-order valence-corrected chi connectivity index (χ4v) is 3.89. The van der Waals surface area contributed by atoms with Crippen LogP contribution in [0.25, 0.3) is 0 Å². The molecule has 3 rings (SSSR count). The number of hydrogen-bond donors (Lipinski definition) is 1. The van der Waals surface area contributed by atoms with E-state index in [0.717, 1.165) is 44.6 Å². The first-order chi connectivity index (χ1) is 12.4. The lowest BCUT2D eigenvalue weighted by Gasteiger charge is -2.31. The normalized spacial score (nSPS) is 16.6. The summed E-state index contributed by atoms with van der Waals surface area (Å²) in [7, 11) is 0. The first kappa shape index (κ1) is 18.9. The summed E-state index contributed by atoms with van der Waals surface area (Å²) in [6, 6.07) is 8.73. The molecule has 0 unspecified atom stereocenters. The Morgan fingerprint density at radius 1 is 1.19 bits per heavy atom. The van der Waals surface area contributed by atoms with Crippen LogP contribution in [0.1, 0.15) is 33.6 Å². The van der Waals surface area contributed by atoms with Crippen LogP contribution in [0.3, 0.4) is 0 Å². The summed E-state index contributed by atoms with van der Waals surface area (Å²) in [5, 5.41) is 4.86. The lowest BCUT2D eigenvalue weighted by Crippen LogP contribution is -2.38. The molecule has 2 heterocycles. The fourth-order valence-electron chi connectivity index (χ4n) is 3.15. The second-order valence-corrected chi connectivity index (χ2v) is 7.62. The Morgan fingerprint density at radius 2 is 1.96 bits per heavy atom. The molecule has 26 heavy (non-hydrogen) atoms. The van der Waals surface area contributed by atoms with Gasteiger partial charge < -0.3 is 5.32 Å². The van der Waals surface area contributed by atoms with E-state index in [1.54, 1.807) is 11.3 Å². The molecule has 0 spiro atoms. The van der Waals surface area contributed by atoms with Crippen molar-refractivity contribution < 1.29 is 18.0 Å². The molecule has 1 amide bonds. The minimum atomic E-state index is -4.44. The molecule has 0 radical (unpaired) electrons. The number of rotatable bonds is 5. The van der Waals surface area contributed by atoms with Gasteiger partial charge in [0.2, 0.25) is 0 Å². The fraction of sp³-hybridized carbons (Fsp3) is 0.421. The molecule has 1 aromatic carbocycles. The molecule has 1 saturated heterocycles. The van der Waals surface area contributed by atoms with Gasteiger partial charge in [0.1, 0.15) is 0 Å². The summed E-state index contributed by atoms with van der Waals surface area (Å²) < 4.78 is 38.2. The molecule has 2 aromatic rings. The largest absolute Gasteiger partial charge is 0.416 e. The number of carbonyl (C=O) groups is 1. The van der Waals surface area contributed by atoms with Crippen molar-refractivity contribution in [2.24, 2.45) is 5.92 Å². The predicted octanol–water partition coefficient (Wildman–Crippen LogP) is 4.41. The minimum absolute atomic E-state index is 0.0509. The van der Waals surface area contributed by atoms with Crippen LogP contribution < -0.4 is 5.32 Å². The zero-order chi connectivity index (χ0) is 18.6. The molecule has 140 valence electrons. The van der Waals surface area contributed by atoms with Crippen LogP contribution in [0, 0.1) is 5.92 Å². The maximum Gasteiger partial charge on any atom is 0.416 e. The van der Waals surface area contributed by atoms with E-state index in [4.69, 9.17) is 0 Å². The Balaban J connectivity index is 1.45. The first-order valence-electron chi connectivity index (χ1n) is 8.62. The van der Waals surface area contributed by atoms with E-state index in [1.165, 1.54) is 17.0 Å². The van der Waals surface area contributed by atoms with E-state index >= 15 is 0 Å². The third kappa shape index (κ3) is 5.08. The van der Waals surface area contributed by atoms with Gasteiger partial charge in [-0.3, -0.25) is 9.69 Å². The number of benzene rings is 1. The molecule has 1 N–H and O–H groups in total. The summed E-state index contributed by atoms with van der Waals surface area (Å²) in [5.41, 5.74) is -0.748. The molecule has 1 fully saturated rings. The summed E-state index contributed by atoms with van der Waals surface area (Å²) in [5.74, 6) is -0.0820. The highest BCUT2D eigenvalue weighted by Crippen LogP contribution is 2.29. The van der Waals surface area contributed by atoms with Crippen molar-refractivity contribution >= 4 is 17.2 Å². The summed E-state index contributed by atoms with van der Waals surface area (Å²) in [6.45, 7) is 3.41. The molecule has 1 aliphatic heterocycles. The van der Waals surface area contributed by atoms with Crippen molar-refractivity contribution in [3.05, 3.63) is 57.8 Å². The van der Waals surface area contributed by atoms with Crippen molar-refractivity contribution in [2.45, 2.75) is 25.6 Å². The van der Waals surface area contributed by atoms with E-state index in [0.29, 0.717) is 12.5 Å². The van der Waals surface area contributed by atoms with Gasteiger partial charge in [-0.25, -0.2) is 0 Å². The zero-order valence-corrected chi connectivity index (χ0v) is 15.1. The number of likely N-dealkylation sites (tertiary alicyclic amines) is 1. The van der Waals surface area contributed by atoms with Crippen LogP contribution in [0.15, 0.2) is 41.8 Å². The van der Waals surface area contributed by atoms with E-state index in [-0.39, 0.29) is 5.56 Å². The Labute approximate surface area is 154 Å². The van der Waals surface area contributed by atoms with E-state index < -0.39 is 17.6 Å². The molecule has 0 saturated carbocycles. The van der Waals surface area contributed by atoms with Crippen molar-refractivity contribution in [1.29, 1.82) is 0 Å². The van der Waals surface area contributed by atoms with Crippen molar-refractivity contribution in [3.63, 3.8) is 0 Å². The monoisotopic (exact) mass is 382 g/mol. The highest BCUT2D eigenvalue weighted by atomic mass is 32.1. The second-order valence-electron chi connectivity index (χ2n) is 6.59. The van der Waals surface area contributed by atoms with Gasteiger partial charge in [0.05, 0.1) is 5.56 Å². The summed E-state index contributed by atoms with van der Waals surface area (Å²) in [6.07, 6.45) is -2.48. The number of nitrogens with one attached hydrogen (secondary N) is 1. The van der Waals surface area contributed by atoms with Crippen LogP contribution in [0.4, 0.5) is 13.2 Å². The SMILES string of the molecule is O=C(NCC1CCN(Cc2cccs2)CC1)c1cccc(C(F)(F)F)c1. The van der Waals surface area contributed by atoms with Gasteiger partial charge in [-0.2, -0.15) is 13.2 Å². The number of thiophene rings is 1. The quantitative estimate of drug-likeness (QED) is 0.831. The molecule has 1 aliphatic rings. The molecule has 0 bridgehead atoms. The van der Waals surface area contributed by atoms with Crippen LogP contribution >= 0.6 is 11.3 Å². The Kier molecular flexibility index (Phi) is 5.98. The average molecular weight is 382 g/mol. The number of piperidine rings is 1. The van der Waals surface area contributed by atoms with Crippen molar-refractivity contribution in [2.75, 3.05) is 19.6 Å². The van der Waals surface area contributed by atoms with Crippen LogP contribution in [0.2, 0.25) is 0 Å². The van der Waals surface area contributed by atoms with Gasteiger partial charge in [-0.1, -0.05) is 12.1 Å². The van der Waals surface area contributed by atoms with Gasteiger partial charge in [0, 0.05) is 23.5 Å². The number of hydrogen-bond acceptors (Lipinski definition) is 3. The topological polar surface area (TPSA) is 32.3 Å².